The number of fused-ring (bicyclic) bond motifs is 1. The quantitative estimate of drug-likeness (QED) is 0.163. The number of aliphatic hydroxyl groups is 1. The van der Waals surface area contributed by atoms with Gasteiger partial charge < -0.3 is 9.84 Å². The summed E-state index contributed by atoms with van der Waals surface area (Å²) < 4.78 is 23.2. The van der Waals surface area contributed by atoms with Crippen LogP contribution >= 0.6 is 11.6 Å². The van der Waals surface area contributed by atoms with Gasteiger partial charge in [0, 0.05) is 28.1 Å². The molecule has 4 nitrogen and oxygen atoms in total. The predicted octanol–water partition coefficient (Wildman–Crippen LogP) is 9.73. The molecule has 0 aromatic heterocycles. The summed E-state index contributed by atoms with van der Waals surface area (Å²) in [5, 5.41) is 10.7. The van der Waals surface area contributed by atoms with Gasteiger partial charge in [0.05, 0.1) is 24.3 Å². The van der Waals surface area contributed by atoms with Crippen LogP contribution in [0.4, 0.5) is 4.39 Å². The van der Waals surface area contributed by atoms with Gasteiger partial charge in [0.15, 0.2) is 5.72 Å². The minimum atomic E-state index is -1.90. The zero-order valence-corrected chi connectivity index (χ0v) is 30.5. The van der Waals surface area contributed by atoms with Gasteiger partial charge in [0.2, 0.25) is 0 Å². The summed E-state index contributed by atoms with van der Waals surface area (Å²) in [7, 11) is -1.90. The third kappa shape index (κ3) is 6.36. The van der Waals surface area contributed by atoms with Crippen LogP contribution in [-0.4, -0.2) is 37.2 Å². The van der Waals surface area contributed by atoms with Gasteiger partial charge in [-0.3, -0.25) is 9.69 Å². The van der Waals surface area contributed by atoms with Crippen LogP contribution in [0.1, 0.15) is 99.5 Å². The average molecular weight is 672 g/mol. The molecule has 248 valence electrons. The molecule has 5 rings (SSSR count). The molecule has 1 saturated carbocycles. The van der Waals surface area contributed by atoms with Crippen molar-refractivity contribution in [1.29, 1.82) is 0 Å². The van der Waals surface area contributed by atoms with Gasteiger partial charge in [0.1, 0.15) is 13.9 Å². The Labute approximate surface area is 286 Å². The number of aliphatic hydroxyl groups excluding tert-OH is 1. The van der Waals surface area contributed by atoms with E-state index < -0.39 is 25.0 Å². The number of carbonyl (C=O) groups is 1. The Balaban J connectivity index is 1.60. The second-order valence-electron chi connectivity index (χ2n) is 14.5. The van der Waals surface area contributed by atoms with E-state index in [4.69, 9.17) is 16.3 Å². The van der Waals surface area contributed by atoms with E-state index in [0.29, 0.717) is 38.3 Å². The van der Waals surface area contributed by atoms with Gasteiger partial charge in [-0.1, -0.05) is 95.5 Å². The maximum Gasteiger partial charge on any atom is 0.257 e. The van der Waals surface area contributed by atoms with E-state index in [2.05, 4.69) is 59.6 Å². The van der Waals surface area contributed by atoms with Crippen molar-refractivity contribution in [3.8, 4) is 11.5 Å². The summed E-state index contributed by atoms with van der Waals surface area (Å²) in [6, 6.07) is 18.1. The minimum Gasteiger partial charge on any atom is -0.396 e. The molecule has 0 spiro atoms. The number of carbonyl (C=O) groups excluding carboxylic acids is 1. The molecule has 3 aromatic rings. The molecule has 0 bridgehead atoms. The molecule has 7 heteroatoms. The first-order chi connectivity index (χ1) is 22.2. The van der Waals surface area contributed by atoms with Crippen LogP contribution in [-0.2, 0) is 17.0 Å². The van der Waals surface area contributed by atoms with Gasteiger partial charge >= 0.3 is 0 Å². The molecule has 1 aliphatic carbocycles. The highest BCUT2D eigenvalue weighted by molar-refractivity contribution is 6.90. The summed E-state index contributed by atoms with van der Waals surface area (Å²) in [4.78, 5) is 16.0. The lowest BCUT2D eigenvalue weighted by atomic mass is 9.90. The van der Waals surface area contributed by atoms with Crippen molar-refractivity contribution in [3.05, 3.63) is 111 Å². The summed E-state index contributed by atoms with van der Waals surface area (Å²) in [6.45, 7) is 19.9. The summed E-state index contributed by atoms with van der Waals surface area (Å²) in [5.41, 5.74) is 7.40. The van der Waals surface area contributed by atoms with Gasteiger partial charge in [-0.05, 0) is 83.9 Å². The molecule has 1 unspecified atom stereocenters. The van der Waals surface area contributed by atoms with E-state index >= 15 is 4.39 Å². The number of ether oxygens (including phenoxy) is 1. The first-order valence-electron chi connectivity index (χ1n) is 16.7. The van der Waals surface area contributed by atoms with E-state index in [1.807, 2.05) is 24.3 Å². The lowest BCUT2D eigenvalue weighted by Gasteiger charge is -2.40. The maximum atomic E-state index is 16.4. The fourth-order valence-electron chi connectivity index (χ4n) is 7.45. The molecule has 1 N–H and O–H groups in total. The molecule has 1 aliphatic heterocycles. The Bertz CT molecular complexity index is 1700. The number of allylic oxidation sites excluding steroid dienone is 1. The molecule has 1 heterocycles. The summed E-state index contributed by atoms with van der Waals surface area (Å²) in [6.07, 6.45) is 1.60. The Morgan fingerprint density at radius 1 is 1.02 bits per heavy atom. The van der Waals surface area contributed by atoms with Crippen molar-refractivity contribution in [3.63, 3.8) is 0 Å². The Morgan fingerprint density at radius 2 is 1.62 bits per heavy atom. The second-order valence-corrected chi connectivity index (χ2v) is 20.5. The van der Waals surface area contributed by atoms with Crippen molar-refractivity contribution in [2.45, 2.75) is 90.2 Å². The fourth-order valence-corrected chi connectivity index (χ4v) is 12.8. The van der Waals surface area contributed by atoms with Crippen LogP contribution in [0.15, 0.2) is 67.2 Å². The van der Waals surface area contributed by atoms with Crippen molar-refractivity contribution in [1.82, 2.24) is 4.90 Å². The Hall–Kier alpha value is -3.21. The zero-order chi connectivity index (χ0) is 34.3. The van der Waals surface area contributed by atoms with E-state index in [1.54, 1.807) is 42.2 Å². The first kappa shape index (κ1) is 35.1. The second kappa shape index (κ2) is 13.4. The molecule has 2 aliphatic rings. The van der Waals surface area contributed by atoms with Crippen LogP contribution < -0.4 is 0 Å². The third-order valence-electron chi connectivity index (χ3n) is 10.5. The highest BCUT2D eigenvalue weighted by Crippen LogP contribution is 2.52. The normalized spacial score (nSPS) is 18.5. The predicted molar refractivity (Wildman–Crippen MR) is 192 cm³/mol. The lowest BCUT2D eigenvalue weighted by Crippen LogP contribution is -2.48. The van der Waals surface area contributed by atoms with E-state index in [-0.39, 0.29) is 36.8 Å². The largest absolute Gasteiger partial charge is 0.396 e. The third-order valence-corrected chi connectivity index (χ3v) is 17.0. The SMILES string of the molecule is C=C(C)c1cc(F)c2c(c1)C(=O)N(Cc1ccc(C#C[Si](C(C)C)(C(C)C)C(C)C)cc1)C2(OCC1(CO)CC1)c1ccc(Cl)cc1. The average Bonchev–Trinajstić information content (AvgIpc) is 3.77. The van der Waals surface area contributed by atoms with Crippen LogP contribution in [0.3, 0.4) is 0 Å². The van der Waals surface area contributed by atoms with Crippen molar-refractivity contribution >= 4 is 31.2 Å². The molecule has 0 saturated heterocycles. The zero-order valence-electron chi connectivity index (χ0n) is 28.7. The van der Waals surface area contributed by atoms with Crippen LogP contribution in [0, 0.1) is 22.7 Å². The monoisotopic (exact) mass is 671 g/mol. The number of hydrogen-bond donors (Lipinski definition) is 1. The number of rotatable bonds is 11. The van der Waals surface area contributed by atoms with Crippen LogP contribution in [0.5, 0.6) is 0 Å². The topological polar surface area (TPSA) is 49.8 Å². The Kier molecular flexibility index (Phi) is 9.98. The summed E-state index contributed by atoms with van der Waals surface area (Å²) in [5.74, 6) is 2.63. The highest BCUT2D eigenvalue weighted by atomic mass is 35.5. The number of nitrogens with zero attached hydrogens (tertiary/aromatic N) is 1. The van der Waals surface area contributed by atoms with Gasteiger partial charge in [-0.15, -0.1) is 5.54 Å². The van der Waals surface area contributed by atoms with E-state index in [9.17, 15) is 9.90 Å². The highest BCUT2D eigenvalue weighted by Gasteiger charge is 2.56. The molecule has 0 radical (unpaired) electrons. The molecule has 3 aromatic carbocycles. The van der Waals surface area contributed by atoms with Gasteiger partial charge in [-0.2, -0.15) is 0 Å². The Morgan fingerprint density at radius 3 is 2.13 bits per heavy atom. The van der Waals surface area contributed by atoms with Crippen LogP contribution in [0.2, 0.25) is 21.6 Å². The van der Waals surface area contributed by atoms with Gasteiger partial charge in [0.25, 0.3) is 5.91 Å². The van der Waals surface area contributed by atoms with Crippen molar-refractivity contribution in [2.75, 3.05) is 13.2 Å². The number of amides is 1. The van der Waals surface area contributed by atoms with Crippen molar-refractivity contribution < 1.29 is 19.0 Å². The lowest BCUT2D eigenvalue weighted by molar-refractivity contribution is -0.130. The number of benzene rings is 3. The summed E-state index contributed by atoms with van der Waals surface area (Å²) >= 11 is 6.30. The number of hydrogen-bond acceptors (Lipinski definition) is 3. The molecular weight excluding hydrogens is 625 g/mol. The molecule has 1 fully saturated rings. The van der Waals surface area contributed by atoms with Crippen LogP contribution in [0.25, 0.3) is 5.57 Å². The standard InChI is InChI=1S/C40H47ClFNO3Si/c1-26(2)32-21-35-37(36(42)22-32)40(33-13-15-34(41)16-14-33,46-25-39(24-44)18-19-39)43(38(35)45)23-31-11-9-30(10-12-31)17-20-47(27(3)4,28(5)6)29(7)8/h9-16,21-22,27-29,44H,1,18-19,23-25H2,2-8H3. The molecule has 47 heavy (non-hydrogen) atoms. The molecule has 1 atom stereocenters. The number of halogens is 2. The molecular formula is C40H47ClFNO3Si. The van der Waals surface area contributed by atoms with Gasteiger partial charge in [-0.25, -0.2) is 4.39 Å². The smallest absolute Gasteiger partial charge is 0.257 e. The van der Waals surface area contributed by atoms with Crippen molar-refractivity contribution in [2.24, 2.45) is 5.41 Å². The minimum absolute atomic E-state index is 0.0430. The van der Waals surface area contributed by atoms with E-state index in [0.717, 1.165) is 24.0 Å². The first-order valence-corrected chi connectivity index (χ1v) is 19.3. The van der Waals surface area contributed by atoms with E-state index in [1.165, 1.54) is 6.07 Å². The molecule has 1 amide bonds. The fraction of sp³-hybridized carbons (Fsp3) is 0.425. The maximum absolute atomic E-state index is 16.4.